The van der Waals surface area contributed by atoms with E-state index in [1.807, 2.05) is 81.4 Å². The summed E-state index contributed by atoms with van der Waals surface area (Å²) >= 11 is 0. The Labute approximate surface area is 205 Å². The highest BCUT2D eigenvalue weighted by Gasteiger charge is 2.46. The lowest BCUT2D eigenvalue weighted by Gasteiger charge is -2.26. The number of Topliss-reactive ketones (excluding diaryl/α,β-unsaturated/α-hetero) is 1. The van der Waals surface area contributed by atoms with Gasteiger partial charge < -0.3 is 19.5 Å². The fourth-order valence-electron chi connectivity index (χ4n) is 4.63. The molecule has 3 aromatic carbocycles. The van der Waals surface area contributed by atoms with E-state index in [1.165, 1.54) is 12.0 Å². The summed E-state index contributed by atoms with van der Waals surface area (Å²) < 4.78 is 11.1. The lowest BCUT2D eigenvalue weighted by molar-refractivity contribution is -0.140. The fraction of sp³-hybridized carbons (Fsp3) is 0.241. The molecule has 4 rings (SSSR count). The molecule has 1 heterocycles. The fourth-order valence-corrected chi connectivity index (χ4v) is 4.63. The minimum atomic E-state index is -0.742. The van der Waals surface area contributed by atoms with E-state index in [2.05, 4.69) is 0 Å². The molecule has 0 saturated carbocycles. The Morgan fingerprint density at radius 2 is 1.69 bits per heavy atom. The average Bonchev–Trinajstić information content (AvgIpc) is 3.10. The van der Waals surface area contributed by atoms with Crippen LogP contribution in [0.1, 0.15) is 40.8 Å². The predicted molar refractivity (Wildman–Crippen MR) is 134 cm³/mol. The topological polar surface area (TPSA) is 76.1 Å². The van der Waals surface area contributed by atoms with Crippen molar-refractivity contribution in [2.45, 2.75) is 33.4 Å². The van der Waals surface area contributed by atoms with Gasteiger partial charge in [0.15, 0.2) is 0 Å². The number of carbonyl (C=O) groups excluding carboxylic acids is 2. The van der Waals surface area contributed by atoms with Crippen molar-refractivity contribution >= 4 is 17.4 Å². The highest BCUT2D eigenvalue weighted by Crippen LogP contribution is 2.42. The van der Waals surface area contributed by atoms with E-state index in [9.17, 15) is 14.7 Å². The number of ketones is 1. The molecule has 0 aromatic heterocycles. The van der Waals surface area contributed by atoms with Gasteiger partial charge in [-0.15, -0.1) is 0 Å². The predicted octanol–water partition coefficient (Wildman–Crippen LogP) is 5.33. The van der Waals surface area contributed by atoms with Crippen LogP contribution < -0.4 is 9.47 Å². The second kappa shape index (κ2) is 10.1. The van der Waals surface area contributed by atoms with E-state index in [0.717, 1.165) is 28.0 Å². The number of aryl methyl sites for hydroxylation is 2. The summed E-state index contributed by atoms with van der Waals surface area (Å²) in [6, 6.07) is 19.7. The molecule has 1 atom stereocenters. The van der Waals surface area contributed by atoms with Crippen molar-refractivity contribution in [1.82, 2.24) is 4.90 Å². The average molecular weight is 472 g/mol. The number of ether oxygens (including phenoxy) is 2. The Balaban J connectivity index is 1.85. The van der Waals surface area contributed by atoms with Crippen LogP contribution in [-0.2, 0) is 16.1 Å². The van der Waals surface area contributed by atoms with Crippen molar-refractivity contribution in [3.05, 3.63) is 100 Å². The summed E-state index contributed by atoms with van der Waals surface area (Å²) in [5, 5.41) is 11.5. The van der Waals surface area contributed by atoms with Crippen molar-refractivity contribution in [2.75, 3.05) is 13.7 Å². The SMILES string of the molecule is CCOc1ccc(CN2C(=O)C(=O)/C(=C(/O)c3cc(C)cc(C)c3OC)C2c2ccccc2)cc1. The number of methoxy groups -OCH3 is 1. The largest absolute Gasteiger partial charge is 0.507 e. The minimum absolute atomic E-state index is 0.0513. The standard InChI is InChI=1S/C29H29NO5/c1-5-35-22-13-11-20(12-14-22)17-30-25(21-9-7-6-8-10-21)24(27(32)29(30)33)26(31)23-16-18(2)15-19(3)28(23)34-4/h6-16,25,31H,5,17H2,1-4H3/b26-24+. The minimum Gasteiger partial charge on any atom is -0.507 e. The van der Waals surface area contributed by atoms with Crippen molar-refractivity contribution in [2.24, 2.45) is 0 Å². The Morgan fingerprint density at radius 1 is 1.00 bits per heavy atom. The summed E-state index contributed by atoms with van der Waals surface area (Å²) in [5.74, 6) is -0.409. The first kappa shape index (κ1) is 24.1. The van der Waals surface area contributed by atoms with Crippen LogP contribution in [-0.4, -0.2) is 35.4 Å². The van der Waals surface area contributed by atoms with E-state index in [4.69, 9.17) is 9.47 Å². The van der Waals surface area contributed by atoms with Crippen LogP contribution in [0.3, 0.4) is 0 Å². The zero-order valence-corrected chi connectivity index (χ0v) is 20.4. The smallest absolute Gasteiger partial charge is 0.295 e. The van der Waals surface area contributed by atoms with Gasteiger partial charge in [0.2, 0.25) is 0 Å². The van der Waals surface area contributed by atoms with Crippen LogP contribution in [0.2, 0.25) is 0 Å². The molecule has 0 bridgehead atoms. The van der Waals surface area contributed by atoms with Crippen LogP contribution >= 0.6 is 0 Å². The van der Waals surface area contributed by atoms with Crippen molar-refractivity contribution in [1.29, 1.82) is 0 Å². The molecule has 1 N–H and O–H groups in total. The lowest BCUT2D eigenvalue weighted by atomic mass is 9.93. The molecular weight excluding hydrogens is 442 g/mol. The third-order valence-electron chi connectivity index (χ3n) is 6.12. The van der Waals surface area contributed by atoms with Crippen molar-refractivity contribution in [3.63, 3.8) is 0 Å². The van der Waals surface area contributed by atoms with Gasteiger partial charge in [0.25, 0.3) is 11.7 Å². The van der Waals surface area contributed by atoms with Gasteiger partial charge in [-0.05, 0) is 61.2 Å². The number of hydrogen-bond donors (Lipinski definition) is 1. The lowest BCUT2D eigenvalue weighted by Crippen LogP contribution is -2.29. The van der Waals surface area contributed by atoms with Crippen LogP contribution in [0.4, 0.5) is 0 Å². The Bertz CT molecular complexity index is 1280. The van der Waals surface area contributed by atoms with Crippen LogP contribution in [0.15, 0.2) is 72.3 Å². The summed E-state index contributed by atoms with van der Waals surface area (Å²) in [4.78, 5) is 28.1. The molecule has 35 heavy (non-hydrogen) atoms. The maximum atomic E-state index is 13.3. The van der Waals surface area contributed by atoms with Gasteiger partial charge in [-0.1, -0.05) is 48.5 Å². The van der Waals surface area contributed by atoms with Crippen LogP contribution in [0.5, 0.6) is 11.5 Å². The molecule has 1 unspecified atom stereocenters. The van der Waals surface area contributed by atoms with Gasteiger partial charge in [-0.25, -0.2) is 0 Å². The highest BCUT2D eigenvalue weighted by molar-refractivity contribution is 6.46. The number of rotatable bonds is 7. The second-order valence-corrected chi connectivity index (χ2v) is 8.58. The number of aliphatic hydroxyl groups excluding tert-OH is 1. The van der Waals surface area contributed by atoms with E-state index in [-0.39, 0.29) is 17.9 Å². The Morgan fingerprint density at radius 3 is 2.31 bits per heavy atom. The van der Waals surface area contributed by atoms with Gasteiger partial charge >= 0.3 is 0 Å². The monoisotopic (exact) mass is 471 g/mol. The molecule has 0 radical (unpaired) electrons. The maximum absolute atomic E-state index is 13.3. The molecule has 1 fully saturated rings. The molecule has 0 aliphatic carbocycles. The number of benzene rings is 3. The highest BCUT2D eigenvalue weighted by atomic mass is 16.5. The van der Waals surface area contributed by atoms with Gasteiger partial charge in [0.05, 0.1) is 30.9 Å². The summed E-state index contributed by atoms with van der Waals surface area (Å²) in [5.41, 5.74) is 3.77. The van der Waals surface area contributed by atoms with E-state index in [1.54, 1.807) is 6.07 Å². The Kier molecular flexibility index (Phi) is 6.92. The maximum Gasteiger partial charge on any atom is 0.295 e. The van der Waals surface area contributed by atoms with Gasteiger partial charge in [0, 0.05) is 6.54 Å². The quantitative estimate of drug-likeness (QED) is 0.286. The Hall–Kier alpha value is -4.06. The number of nitrogens with zero attached hydrogens (tertiary/aromatic N) is 1. The molecule has 6 heteroatoms. The van der Waals surface area contributed by atoms with Crippen molar-refractivity contribution < 1.29 is 24.2 Å². The van der Waals surface area contributed by atoms with E-state index < -0.39 is 17.7 Å². The first-order valence-corrected chi connectivity index (χ1v) is 11.6. The number of hydrogen-bond acceptors (Lipinski definition) is 5. The van der Waals surface area contributed by atoms with Crippen LogP contribution in [0, 0.1) is 13.8 Å². The molecule has 3 aromatic rings. The molecule has 1 aliphatic heterocycles. The van der Waals surface area contributed by atoms with Crippen molar-refractivity contribution in [3.8, 4) is 11.5 Å². The third-order valence-corrected chi connectivity index (χ3v) is 6.12. The normalized spacial score (nSPS) is 17.0. The number of carbonyl (C=O) groups is 2. The number of aliphatic hydroxyl groups is 1. The summed E-state index contributed by atoms with van der Waals surface area (Å²) in [7, 11) is 1.52. The molecule has 180 valence electrons. The molecule has 1 aliphatic rings. The van der Waals surface area contributed by atoms with Gasteiger partial charge in [-0.2, -0.15) is 0 Å². The van der Waals surface area contributed by atoms with E-state index in [0.29, 0.717) is 17.9 Å². The second-order valence-electron chi connectivity index (χ2n) is 8.58. The first-order chi connectivity index (χ1) is 16.8. The molecular formula is C29H29NO5. The third kappa shape index (κ3) is 4.64. The zero-order valence-electron chi connectivity index (χ0n) is 20.4. The molecule has 0 spiro atoms. The van der Waals surface area contributed by atoms with Crippen LogP contribution in [0.25, 0.3) is 5.76 Å². The molecule has 6 nitrogen and oxygen atoms in total. The summed E-state index contributed by atoms with van der Waals surface area (Å²) in [6.07, 6.45) is 0. The zero-order chi connectivity index (χ0) is 25.1. The summed E-state index contributed by atoms with van der Waals surface area (Å²) in [6.45, 7) is 6.46. The molecule has 1 saturated heterocycles. The number of likely N-dealkylation sites (tertiary alicyclic amines) is 1. The first-order valence-electron chi connectivity index (χ1n) is 11.6. The number of amides is 1. The molecule has 1 amide bonds. The van der Waals surface area contributed by atoms with Gasteiger partial charge in [-0.3, -0.25) is 9.59 Å². The van der Waals surface area contributed by atoms with E-state index >= 15 is 0 Å². The van der Waals surface area contributed by atoms with Gasteiger partial charge in [0.1, 0.15) is 17.3 Å².